The zero-order valence-corrected chi connectivity index (χ0v) is 18.4. The predicted molar refractivity (Wildman–Crippen MR) is 115 cm³/mol. The molecule has 0 saturated heterocycles. The average molecular weight is 425 g/mol. The Morgan fingerprint density at radius 3 is 2.46 bits per heavy atom. The molecule has 8 heteroatoms. The van der Waals surface area contributed by atoms with Gasteiger partial charge in [0.1, 0.15) is 11.8 Å². The van der Waals surface area contributed by atoms with Crippen LogP contribution in [0.25, 0.3) is 0 Å². The SMILES string of the molecule is CC[C@H](C(=O)NCCSCc1ccco1)N(c1cc(C)cc(C)c1)S(C)(=O)=O. The van der Waals surface area contributed by atoms with Crippen LogP contribution in [0.4, 0.5) is 5.69 Å². The number of nitrogens with zero attached hydrogens (tertiary/aromatic N) is 1. The highest BCUT2D eigenvalue weighted by Crippen LogP contribution is 2.25. The number of aryl methyl sites for hydroxylation is 2. The Kier molecular flexibility index (Phi) is 8.00. The van der Waals surface area contributed by atoms with Crippen molar-refractivity contribution in [2.45, 2.75) is 39.0 Å². The summed E-state index contributed by atoms with van der Waals surface area (Å²) in [5, 5.41) is 2.87. The highest BCUT2D eigenvalue weighted by molar-refractivity contribution is 7.98. The van der Waals surface area contributed by atoms with Gasteiger partial charge >= 0.3 is 0 Å². The van der Waals surface area contributed by atoms with Crippen LogP contribution in [0.2, 0.25) is 0 Å². The Morgan fingerprint density at radius 1 is 1.25 bits per heavy atom. The lowest BCUT2D eigenvalue weighted by molar-refractivity contribution is -0.122. The molecule has 0 aliphatic heterocycles. The standard InChI is InChI=1S/C20H28N2O4S2/c1-5-19(20(23)21-8-10-27-14-18-7-6-9-26-18)22(28(4,24)25)17-12-15(2)11-16(3)13-17/h6-7,9,11-13,19H,5,8,10,14H2,1-4H3,(H,21,23)/t19-/m1/s1. The first-order valence-electron chi connectivity index (χ1n) is 9.18. The maximum atomic E-state index is 12.8. The van der Waals surface area contributed by atoms with Crippen LogP contribution in [0, 0.1) is 13.8 Å². The number of amides is 1. The third kappa shape index (κ3) is 6.31. The summed E-state index contributed by atoms with van der Waals surface area (Å²) in [5.74, 6) is 2.05. The van der Waals surface area contributed by atoms with Crippen molar-refractivity contribution in [3.63, 3.8) is 0 Å². The molecule has 2 rings (SSSR count). The zero-order chi connectivity index (χ0) is 20.7. The molecule has 2 aromatic rings. The number of nitrogens with one attached hydrogen (secondary N) is 1. The molecule has 0 radical (unpaired) electrons. The number of hydrogen-bond donors (Lipinski definition) is 1. The van der Waals surface area contributed by atoms with E-state index in [0.717, 1.165) is 28.9 Å². The molecular formula is C20H28N2O4S2. The second-order valence-corrected chi connectivity index (χ2v) is 9.72. The van der Waals surface area contributed by atoms with Crippen LogP contribution in [0.3, 0.4) is 0 Å². The molecule has 0 bridgehead atoms. The molecular weight excluding hydrogens is 396 g/mol. The molecule has 0 aliphatic carbocycles. The lowest BCUT2D eigenvalue weighted by Gasteiger charge is -2.30. The number of sulfonamides is 1. The molecule has 154 valence electrons. The molecule has 1 N–H and O–H groups in total. The summed E-state index contributed by atoms with van der Waals surface area (Å²) in [7, 11) is -3.62. The van der Waals surface area contributed by atoms with Gasteiger partial charge in [0.15, 0.2) is 0 Å². The highest BCUT2D eigenvalue weighted by atomic mass is 32.2. The van der Waals surface area contributed by atoms with Gasteiger partial charge in [0, 0.05) is 12.3 Å². The number of carbonyl (C=O) groups excluding carboxylic acids is 1. The van der Waals surface area contributed by atoms with E-state index in [9.17, 15) is 13.2 Å². The van der Waals surface area contributed by atoms with Gasteiger partial charge in [0.25, 0.3) is 0 Å². The lowest BCUT2D eigenvalue weighted by atomic mass is 10.1. The van der Waals surface area contributed by atoms with Gasteiger partial charge in [-0.3, -0.25) is 9.10 Å². The van der Waals surface area contributed by atoms with Gasteiger partial charge in [-0.1, -0.05) is 13.0 Å². The highest BCUT2D eigenvalue weighted by Gasteiger charge is 2.31. The number of anilines is 1. The molecule has 1 atom stereocenters. The van der Waals surface area contributed by atoms with E-state index in [1.807, 2.05) is 39.0 Å². The molecule has 1 heterocycles. The number of rotatable bonds is 10. The molecule has 1 aromatic heterocycles. The quantitative estimate of drug-likeness (QED) is 0.591. The fourth-order valence-corrected chi connectivity index (χ4v) is 5.02. The summed E-state index contributed by atoms with van der Waals surface area (Å²) in [6.45, 7) is 6.10. The number of hydrogen-bond acceptors (Lipinski definition) is 5. The van der Waals surface area contributed by atoms with Crippen molar-refractivity contribution in [3.8, 4) is 0 Å². The summed E-state index contributed by atoms with van der Waals surface area (Å²) >= 11 is 1.65. The van der Waals surface area contributed by atoms with E-state index >= 15 is 0 Å². The number of carbonyl (C=O) groups is 1. The Hall–Kier alpha value is -1.93. The number of furan rings is 1. The predicted octanol–water partition coefficient (Wildman–Crippen LogP) is 3.49. The monoisotopic (exact) mass is 424 g/mol. The largest absolute Gasteiger partial charge is 0.468 e. The van der Waals surface area contributed by atoms with Crippen LogP contribution in [-0.2, 0) is 20.6 Å². The fraction of sp³-hybridized carbons (Fsp3) is 0.450. The third-order valence-electron chi connectivity index (χ3n) is 4.16. The van der Waals surface area contributed by atoms with Crippen LogP contribution in [-0.4, -0.2) is 38.9 Å². The molecule has 0 fully saturated rings. The molecule has 0 spiro atoms. The van der Waals surface area contributed by atoms with E-state index in [-0.39, 0.29) is 5.91 Å². The molecule has 0 aliphatic rings. The Morgan fingerprint density at radius 2 is 1.93 bits per heavy atom. The minimum absolute atomic E-state index is 0.286. The first-order valence-corrected chi connectivity index (χ1v) is 12.2. The molecule has 6 nitrogen and oxygen atoms in total. The first kappa shape index (κ1) is 22.4. The lowest BCUT2D eigenvalue weighted by Crippen LogP contribution is -2.49. The van der Waals surface area contributed by atoms with E-state index in [2.05, 4.69) is 5.32 Å². The summed E-state index contributed by atoms with van der Waals surface area (Å²) in [5.41, 5.74) is 2.43. The minimum Gasteiger partial charge on any atom is -0.468 e. The van der Waals surface area contributed by atoms with Crippen molar-refractivity contribution in [3.05, 3.63) is 53.5 Å². The van der Waals surface area contributed by atoms with E-state index in [0.29, 0.717) is 24.4 Å². The second kappa shape index (κ2) is 10.0. The maximum absolute atomic E-state index is 12.8. The van der Waals surface area contributed by atoms with E-state index < -0.39 is 16.1 Å². The number of thioether (sulfide) groups is 1. The van der Waals surface area contributed by atoms with E-state index in [4.69, 9.17) is 4.42 Å². The van der Waals surface area contributed by atoms with Crippen LogP contribution in [0.1, 0.15) is 30.2 Å². The molecule has 0 unspecified atom stereocenters. The molecule has 1 aromatic carbocycles. The van der Waals surface area contributed by atoms with Crippen molar-refractivity contribution >= 4 is 33.4 Å². The molecule has 28 heavy (non-hydrogen) atoms. The molecule has 1 amide bonds. The van der Waals surface area contributed by atoms with Gasteiger partial charge in [-0.05, 0) is 55.7 Å². The van der Waals surface area contributed by atoms with Gasteiger partial charge in [0.2, 0.25) is 15.9 Å². The topological polar surface area (TPSA) is 79.6 Å². The van der Waals surface area contributed by atoms with Crippen molar-refractivity contribution in [2.24, 2.45) is 0 Å². The third-order valence-corrected chi connectivity index (χ3v) is 6.32. The van der Waals surface area contributed by atoms with E-state index in [1.165, 1.54) is 4.31 Å². The zero-order valence-electron chi connectivity index (χ0n) is 16.8. The van der Waals surface area contributed by atoms with Crippen LogP contribution >= 0.6 is 11.8 Å². The summed E-state index contributed by atoms with van der Waals surface area (Å²) < 4.78 is 31.5. The minimum atomic E-state index is -3.62. The van der Waals surface area contributed by atoms with Crippen molar-refractivity contribution in [2.75, 3.05) is 22.9 Å². The van der Waals surface area contributed by atoms with Crippen LogP contribution in [0.5, 0.6) is 0 Å². The van der Waals surface area contributed by atoms with Gasteiger partial charge in [-0.15, -0.1) is 0 Å². The van der Waals surface area contributed by atoms with Crippen molar-refractivity contribution < 1.29 is 17.6 Å². The van der Waals surface area contributed by atoms with Crippen molar-refractivity contribution in [1.29, 1.82) is 0 Å². The van der Waals surface area contributed by atoms with E-state index in [1.54, 1.807) is 30.2 Å². The van der Waals surface area contributed by atoms with Gasteiger partial charge < -0.3 is 9.73 Å². The smallest absolute Gasteiger partial charge is 0.243 e. The Balaban J connectivity index is 2.04. The summed E-state index contributed by atoms with van der Waals surface area (Å²) in [4.78, 5) is 12.8. The average Bonchev–Trinajstić information content (AvgIpc) is 3.10. The summed E-state index contributed by atoms with van der Waals surface area (Å²) in [6, 6.07) is 8.53. The Labute approximate surface area is 171 Å². The maximum Gasteiger partial charge on any atom is 0.243 e. The molecule has 0 saturated carbocycles. The van der Waals surface area contributed by atoms with Gasteiger partial charge in [-0.2, -0.15) is 11.8 Å². The summed E-state index contributed by atoms with van der Waals surface area (Å²) in [6.07, 6.45) is 3.15. The second-order valence-electron chi connectivity index (χ2n) is 6.75. The fourth-order valence-electron chi connectivity index (χ4n) is 3.07. The van der Waals surface area contributed by atoms with Crippen LogP contribution < -0.4 is 9.62 Å². The van der Waals surface area contributed by atoms with Gasteiger partial charge in [-0.25, -0.2) is 8.42 Å². The number of benzene rings is 1. The first-order chi connectivity index (χ1) is 13.2. The Bertz CT molecular complexity index is 859. The van der Waals surface area contributed by atoms with Gasteiger partial charge in [0.05, 0.1) is 24.0 Å². The normalized spacial score (nSPS) is 12.6. The van der Waals surface area contributed by atoms with Crippen LogP contribution in [0.15, 0.2) is 41.0 Å². The van der Waals surface area contributed by atoms with Crippen molar-refractivity contribution in [1.82, 2.24) is 5.32 Å².